The van der Waals surface area contributed by atoms with Gasteiger partial charge >= 0.3 is 21.6 Å². The zero-order valence-electron chi connectivity index (χ0n) is 12.0. The van der Waals surface area contributed by atoms with Gasteiger partial charge in [-0.15, -0.1) is 0 Å². The van der Waals surface area contributed by atoms with E-state index < -0.39 is 39.6 Å². The van der Waals surface area contributed by atoms with E-state index in [9.17, 15) is 30.8 Å². The molecule has 24 heavy (non-hydrogen) atoms. The summed E-state index contributed by atoms with van der Waals surface area (Å²) >= 11 is 0. The predicted molar refractivity (Wildman–Crippen MR) is 75.6 cm³/mol. The van der Waals surface area contributed by atoms with Crippen LogP contribution in [0.15, 0.2) is 24.3 Å². The van der Waals surface area contributed by atoms with Crippen molar-refractivity contribution in [1.82, 2.24) is 0 Å². The highest BCUT2D eigenvalue weighted by molar-refractivity contribution is 7.88. The van der Waals surface area contributed by atoms with Crippen molar-refractivity contribution in [3.05, 3.63) is 41.2 Å². The first kappa shape index (κ1) is 18.0. The highest BCUT2D eigenvalue weighted by Gasteiger charge is 2.49. The van der Waals surface area contributed by atoms with Crippen LogP contribution in [0, 0.1) is 12.7 Å². The van der Waals surface area contributed by atoms with Crippen LogP contribution in [0.1, 0.15) is 11.1 Å². The normalized spacial score (nSPS) is 12.4. The molecular formula is C14H10F4O5S. The molecule has 0 fully saturated rings. The maximum atomic E-state index is 13.4. The fraction of sp³-hybridized carbons (Fsp3) is 0.214. The molecule has 0 heterocycles. The van der Waals surface area contributed by atoms with Crippen LogP contribution in [-0.2, 0) is 21.3 Å². The molecule has 0 bridgehead atoms. The monoisotopic (exact) mass is 366 g/mol. The maximum Gasteiger partial charge on any atom is 0.534 e. The van der Waals surface area contributed by atoms with E-state index in [1.54, 1.807) is 0 Å². The molecule has 1 N–H and O–H groups in total. The third kappa shape index (κ3) is 3.42. The molecule has 0 aliphatic rings. The highest BCUT2D eigenvalue weighted by Crippen LogP contribution is 2.37. The molecular weight excluding hydrogens is 356 g/mol. The van der Waals surface area contributed by atoms with Crippen molar-refractivity contribution in [2.45, 2.75) is 18.9 Å². The van der Waals surface area contributed by atoms with Crippen molar-refractivity contribution in [3.63, 3.8) is 0 Å². The molecule has 0 saturated carbocycles. The van der Waals surface area contributed by atoms with Crippen molar-refractivity contribution in [2.24, 2.45) is 0 Å². The molecule has 5 nitrogen and oxygen atoms in total. The van der Waals surface area contributed by atoms with Gasteiger partial charge < -0.3 is 9.29 Å². The summed E-state index contributed by atoms with van der Waals surface area (Å²) in [7, 11) is -5.99. The van der Waals surface area contributed by atoms with E-state index in [2.05, 4.69) is 4.18 Å². The summed E-state index contributed by atoms with van der Waals surface area (Å²) < 4.78 is 77.8. The van der Waals surface area contributed by atoms with Crippen LogP contribution in [0.3, 0.4) is 0 Å². The standard InChI is InChI=1S/C14H10F4O5S/c1-7-9(5-12(19)20)4-8-2-3-10(15)6-11(8)13(7)23-24(21,22)14(16,17)18/h2-4,6H,5H2,1H3,(H,19,20). The minimum absolute atomic E-state index is 0.0500. The molecule has 0 unspecified atom stereocenters. The van der Waals surface area contributed by atoms with Gasteiger partial charge in [-0.3, -0.25) is 4.79 Å². The van der Waals surface area contributed by atoms with Crippen molar-refractivity contribution in [1.29, 1.82) is 0 Å². The molecule has 2 rings (SSSR count). The predicted octanol–water partition coefficient (Wildman–Crippen LogP) is 3.14. The van der Waals surface area contributed by atoms with Gasteiger partial charge in [0.2, 0.25) is 0 Å². The average Bonchev–Trinajstić information content (AvgIpc) is 2.42. The van der Waals surface area contributed by atoms with Crippen molar-refractivity contribution in [2.75, 3.05) is 0 Å². The molecule has 0 aliphatic heterocycles. The summed E-state index contributed by atoms with van der Waals surface area (Å²) in [5.74, 6) is -2.84. The van der Waals surface area contributed by atoms with Crippen LogP contribution in [-0.4, -0.2) is 25.0 Å². The number of carboxylic acid groups (broad SMARTS) is 1. The number of aliphatic carboxylic acids is 1. The Morgan fingerprint density at radius 3 is 2.42 bits per heavy atom. The van der Waals surface area contributed by atoms with Gasteiger partial charge in [0.1, 0.15) is 5.82 Å². The van der Waals surface area contributed by atoms with Gasteiger partial charge in [0, 0.05) is 5.39 Å². The molecule has 2 aromatic rings. The topological polar surface area (TPSA) is 80.7 Å². The third-order valence-corrected chi connectivity index (χ3v) is 4.18. The lowest BCUT2D eigenvalue weighted by Gasteiger charge is -2.16. The number of fused-ring (bicyclic) bond motifs is 1. The Hall–Kier alpha value is -2.36. The number of hydrogen-bond acceptors (Lipinski definition) is 4. The van der Waals surface area contributed by atoms with E-state index >= 15 is 0 Å². The fourth-order valence-electron chi connectivity index (χ4n) is 2.11. The van der Waals surface area contributed by atoms with Crippen LogP contribution in [0.5, 0.6) is 5.75 Å². The van der Waals surface area contributed by atoms with E-state index in [1.165, 1.54) is 19.1 Å². The smallest absolute Gasteiger partial charge is 0.481 e. The fourth-order valence-corrected chi connectivity index (χ4v) is 2.63. The quantitative estimate of drug-likeness (QED) is 0.511. The molecule has 0 spiro atoms. The maximum absolute atomic E-state index is 13.4. The Bertz CT molecular complexity index is 919. The summed E-state index contributed by atoms with van der Waals surface area (Å²) in [6.45, 7) is 1.20. The Balaban J connectivity index is 2.75. The Morgan fingerprint density at radius 2 is 1.88 bits per heavy atom. The van der Waals surface area contributed by atoms with E-state index in [1.807, 2.05) is 0 Å². The zero-order valence-corrected chi connectivity index (χ0v) is 12.8. The summed E-state index contributed by atoms with van der Waals surface area (Å²) in [5, 5.41) is 8.79. The molecule has 0 aliphatic carbocycles. The Morgan fingerprint density at radius 1 is 1.25 bits per heavy atom. The SMILES string of the molecule is Cc1c(CC(=O)O)cc2ccc(F)cc2c1OS(=O)(=O)C(F)(F)F. The third-order valence-electron chi connectivity index (χ3n) is 3.23. The summed E-state index contributed by atoms with van der Waals surface area (Å²) in [5.41, 5.74) is -5.76. The number of alkyl halides is 3. The van der Waals surface area contributed by atoms with Gasteiger partial charge in [0.05, 0.1) is 6.42 Å². The second-order valence-electron chi connectivity index (χ2n) is 4.91. The lowest BCUT2D eigenvalue weighted by molar-refractivity contribution is -0.136. The first-order valence-corrected chi connectivity index (χ1v) is 7.77. The number of hydrogen-bond donors (Lipinski definition) is 1. The molecule has 0 atom stereocenters. The van der Waals surface area contributed by atoms with Crippen LogP contribution in [0.4, 0.5) is 17.6 Å². The van der Waals surface area contributed by atoms with E-state index in [0.717, 1.165) is 12.1 Å². The first-order chi connectivity index (χ1) is 10.9. The number of carbonyl (C=O) groups is 1. The van der Waals surface area contributed by atoms with Gasteiger partial charge in [0.15, 0.2) is 5.75 Å². The van der Waals surface area contributed by atoms with Crippen molar-refractivity contribution < 1.29 is 40.1 Å². The highest BCUT2D eigenvalue weighted by atomic mass is 32.2. The van der Waals surface area contributed by atoms with Crippen LogP contribution >= 0.6 is 0 Å². The largest absolute Gasteiger partial charge is 0.534 e. The van der Waals surface area contributed by atoms with Crippen LogP contribution in [0.2, 0.25) is 0 Å². The lowest BCUT2D eigenvalue weighted by atomic mass is 9.98. The van der Waals surface area contributed by atoms with Gasteiger partial charge in [-0.1, -0.05) is 12.1 Å². The van der Waals surface area contributed by atoms with Crippen LogP contribution in [0.25, 0.3) is 10.8 Å². The Labute approximate surface area is 133 Å². The second kappa shape index (κ2) is 5.93. The molecule has 0 radical (unpaired) electrons. The van der Waals surface area contributed by atoms with E-state index in [-0.39, 0.29) is 21.9 Å². The molecule has 10 heteroatoms. The molecule has 2 aromatic carbocycles. The average molecular weight is 366 g/mol. The number of halogens is 4. The van der Waals surface area contributed by atoms with Crippen LogP contribution < -0.4 is 4.18 Å². The number of benzene rings is 2. The zero-order chi connectivity index (χ0) is 18.3. The van der Waals surface area contributed by atoms with Gasteiger partial charge in [-0.25, -0.2) is 4.39 Å². The second-order valence-corrected chi connectivity index (χ2v) is 6.45. The van der Waals surface area contributed by atoms with Crippen molar-refractivity contribution in [3.8, 4) is 5.75 Å². The Kier molecular flexibility index (Phi) is 4.44. The van der Waals surface area contributed by atoms with Gasteiger partial charge in [-0.2, -0.15) is 21.6 Å². The summed E-state index contributed by atoms with van der Waals surface area (Å²) in [6.07, 6.45) is -0.568. The van der Waals surface area contributed by atoms with E-state index in [0.29, 0.717) is 0 Å². The molecule has 0 amide bonds. The lowest BCUT2D eigenvalue weighted by Crippen LogP contribution is -2.28. The summed E-state index contributed by atoms with van der Waals surface area (Å²) in [6, 6.07) is 4.33. The minimum atomic E-state index is -5.99. The summed E-state index contributed by atoms with van der Waals surface area (Å²) in [4.78, 5) is 10.9. The minimum Gasteiger partial charge on any atom is -0.481 e. The first-order valence-electron chi connectivity index (χ1n) is 6.36. The molecule has 0 aromatic heterocycles. The number of rotatable bonds is 4. The van der Waals surface area contributed by atoms with Crippen molar-refractivity contribution >= 4 is 26.9 Å². The molecule has 0 saturated heterocycles. The van der Waals surface area contributed by atoms with Gasteiger partial charge in [-0.05, 0) is 35.6 Å². The molecule has 130 valence electrons. The van der Waals surface area contributed by atoms with E-state index in [4.69, 9.17) is 5.11 Å². The number of carboxylic acids is 1. The van der Waals surface area contributed by atoms with Gasteiger partial charge in [0.25, 0.3) is 0 Å².